The van der Waals surface area contributed by atoms with E-state index >= 15 is 0 Å². The van der Waals surface area contributed by atoms with Gasteiger partial charge in [0.25, 0.3) is 0 Å². The molecule has 4 nitrogen and oxygen atoms in total. The van der Waals surface area contributed by atoms with Crippen LogP contribution < -0.4 is 0 Å². The zero-order chi connectivity index (χ0) is 9.68. The van der Waals surface area contributed by atoms with Crippen molar-refractivity contribution in [2.24, 2.45) is 0 Å². The maximum atomic E-state index is 10.7. The van der Waals surface area contributed by atoms with Crippen LogP contribution in [-0.4, -0.2) is 33.5 Å². The molecule has 0 saturated carbocycles. The molecule has 0 spiro atoms. The van der Waals surface area contributed by atoms with Gasteiger partial charge in [0, 0.05) is 23.0 Å². The Morgan fingerprint density at radius 1 is 1.62 bits per heavy atom. The summed E-state index contributed by atoms with van der Waals surface area (Å²) in [7, 11) is 0. The highest BCUT2D eigenvalue weighted by Gasteiger charge is 2.08. The summed E-state index contributed by atoms with van der Waals surface area (Å²) in [4.78, 5) is 15.1. The summed E-state index contributed by atoms with van der Waals surface area (Å²) in [6.07, 6.45) is 2.93. The van der Waals surface area contributed by atoms with Crippen molar-refractivity contribution in [2.45, 2.75) is 4.90 Å². The smallest absolute Gasteiger partial charge is 0.336 e. The number of aliphatic hydroxyl groups excluding tert-OH is 1. The van der Waals surface area contributed by atoms with Crippen LogP contribution in [0.4, 0.5) is 0 Å². The van der Waals surface area contributed by atoms with E-state index in [2.05, 4.69) is 4.98 Å². The highest BCUT2D eigenvalue weighted by Crippen LogP contribution is 2.20. The predicted molar refractivity (Wildman–Crippen MR) is 49.0 cm³/mol. The average molecular weight is 199 g/mol. The summed E-state index contributed by atoms with van der Waals surface area (Å²) in [6.45, 7) is 0.0264. The Labute approximate surface area is 79.6 Å². The fraction of sp³-hybridized carbons (Fsp3) is 0.250. The Morgan fingerprint density at radius 3 is 3.00 bits per heavy atom. The molecule has 5 heteroatoms. The summed E-state index contributed by atoms with van der Waals surface area (Å²) in [5, 5.41) is 17.3. The zero-order valence-electron chi connectivity index (χ0n) is 6.80. The van der Waals surface area contributed by atoms with Crippen molar-refractivity contribution in [3.8, 4) is 0 Å². The number of aromatic nitrogens is 1. The van der Waals surface area contributed by atoms with E-state index in [1.807, 2.05) is 0 Å². The number of hydrogen-bond donors (Lipinski definition) is 2. The molecule has 0 bridgehead atoms. The van der Waals surface area contributed by atoms with Crippen molar-refractivity contribution in [3.05, 3.63) is 24.0 Å². The summed E-state index contributed by atoms with van der Waals surface area (Å²) in [6, 6.07) is 1.45. The van der Waals surface area contributed by atoms with Gasteiger partial charge in [-0.05, 0) is 6.07 Å². The number of aromatic carboxylic acids is 1. The lowest BCUT2D eigenvalue weighted by Crippen LogP contribution is -2.00. The number of aliphatic hydroxyl groups is 1. The molecular formula is C8H9NO3S. The van der Waals surface area contributed by atoms with Gasteiger partial charge < -0.3 is 10.2 Å². The van der Waals surface area contributed by atoms with Crippen molar-refractivity contribution in [2.75, 3.05) is 12.4 Å². The molecule has 0 radical (unpaired) electrons. The van der Waals surface area contributed by atoms with E-state index in [4.69, 9.17) is 10.2 Å². The van der Waals surface area contributed by atoms with Gasteiger partial charge in [0.2, 0.25) is 0 Å². The van der Waals surface area contributed by atoms with Gasteiger partial charge in [-0.3, -0.25) is 4.98 Å². The predicted octanol–water partition coefficient (Wildman–Crippen LogP) is 0.864. The van der Waals surface area contributed by atoms with E-state index in [0.29, 0.717) is 10.6 Å². The third kappa shape index (κ3) is 2.71. The molecule has 1 rings (SSSR count). The molecule has 0 aliphatic heterocycles. The van der Waals surface area contributed by atoms with Crippen molar-refractivity contribution >= 4 is 17.7 Å². The van der Waals surface area contributed by atoms with Crippen LogP contribution in [0.3, 0.4) is 0 Å². The van der Waals surface area contributed by atoms with E-state index in [1.54, 1.807) is 0 Å². The molecule has 0 unspecified atom stereocenters. The molecule has 0 amide bonds. The fourth-order valence-electron chi connectivity index (χ4n) is 0.827. The van der Waals surface area contributed by atoms with Crippen LogP contribution >= 0.6 is 11.8 Å². The Kier molecular flexibility index (Phi) is 3.72. The molecule has 1 heterocycles. The third-order valence-corrected chi connectivity index (χ3v) is 2.39. The molecule has 70 valence electrons. The first-order valence-electron chi connectivity index (χ1n) is 3.66. The molecule has 2 N–H and O–H groups in total. The van der Waals surface area contributed by atoms with Gasteiger partial charge in [0.15, 0.2) is 0 Å². The van der Waals surface area contributed by atoms with Crippen LogP contribution in [0.2, 0.25) is 0 Å². The first-order valence-corrected chi connectivity index (χ1v) is 4.65. The molecule has 0 atom stereocenters. The molecular weight excluding hydrogens is 190 g/mol. The second-order valence-electron chi connectivity index (χ2n) is 2.25. The van der Waals surface area contributed by atoms with Crippen LogP contribution in [0.25, 0.3) is 0 Å². The molecule has 0 aromatic carbocycles. The van der Waals surface area contributed by atoms with Crippen molar-refractivity contribution in [3.63, 3.8) is 0 Å². The second-order valence-corrected chi connectivity index (χ2v) is 3.39. The van der Waals surface area contributed by atoms with Gasteiger partial charge in [0.05, 0.1) is 12.2 Å². The first-order chi connectivity index (χ1) is 6.25. The number of carbonyl (C=O) groups is 1. The topological polar surface area (TPSA) is 70.4 Å². The van der Waals surface area contributed by atoms with Crippen LogP contribution in [-0.2, 0) is 0 Å². The second kappa shape index (κ2) is 4.84. The minimum Gasteiger partial charge on any atom is -0.478 e. The SMILES string of the molecule is O=C(O)c1ccncc1SCCO. The molecule has 0 fully saturated rings. The van der Waals surface area contributed by atoms with Crippen molar-refractivity contribution < 1.29 is 15.0 Å². The van der Waals surface area contributed by atoms with Crippen molar-refractivity contribution in [1.29, 1.82) is 0 Å². The minimum atomic E-state index is -0.970. The molecule has 0 aliphatic rings. The maximum absolute atomic E-state index is 10.7. The van der Waals surface area contributed by atoms with E-state index in [9.17, 15) is 4.79 Å². The van der Waals surface area contributed by atoms with Gasteiger partial charge in [-0.2, -0.15) is 0 Å². The quantitative estimate of drug-likeness (QED) is 0.704. The van der Waals surface area contributed by atoms with Crippen LogP contribution in [0.5, 0.6) is 0 Å². The zero-order valence-corrected chi connectivity index (χ0v) is 7.62. The molecule has 1 aromatic rings. The number of carboxylic acid groups (broad SMARTS) is 1. The Bertz CT molecular complexity index is 303. The van der Waals surface area contributed by atoms with E-state index in [0.717, 1.165) is 0 Å². The minimum absolute atomic E-state index is 0.0264. The monoisotopic (exact) mass is 199 g/mol. The first kappa shape index (κ1) is 10.0. The Hall–Kier alpha value is -1.07. The standard InChI is InChI=1S/C8H9NO3S/c10-3-4-13-7-5-9-2-1-6(7)8(11)12/h1-2,5,10H,3-4H2,(H,11,12). The largest absolute Gasteiger partial charge is 0.478 e. The molecule has 0 aliphatic carbocycles. The lowest BCUT2D eigenvalue weighted by Gasteiger charge is -2.02. The van der Waals surface area contributed by atoms with Gasteiger partial charge in [-0.25, -0.2) is 4.79 Å². The number of hydrogen-bond acceptors (Lipinski definition) is 4. The third-order valence-electron chi connectivity index (χ3n) is 1.36. The Balaban J connectivity index is 2.84. The maximum Gasteiger partial charge on any atom is 0.336 e. The van der Waals surface area contributed by atoms with Crippen LogP contribution in [0.1, 0.15) is 10.4 Å². The van der Waals surface area contributed by atoms with Gasteiger partial charge in [-0.1, -0.05) is 0 Å². The highest BCUT2D eigenvalue weighted by molar-refractivity contribution is 7.99. The van der Waals surface area contributed by atoms with Gasteiger partial charge in [0.1, 0.15) is 0 Å². The lowest BCUT2D eigenvalue weighted by molar-refractivity contribution is 0.0693. The fourth-order valence-corrected chi connectivity index (χ4v) is 1.58. The number of pyridine rings is 1. The molecule has 0 saturated heterocycles. The molecule has 13 heavy (non-hydrogen) atoms. The van der Waals surface area contributed by atoms with Crippen molar-refractivity contribution in [1.82, 2.24) is 4.98 Å². The summed E-state index contributed by atoms with van der Waals surface area (Å²) >= 11 is 1.28. The van der Waals surface area contributed by atoms with E-state index in [-0.39, 0.29) is 12.2 Å². The summed E-state index contributed by atoms with van der Waals surface area (Å²) in [5.41, 5.74) is 0.230. The van der Waals surface area contributed by atoms with Gasteiger partial charge in [-0.15, -0.1) is 11.8 Å². The number of carboxylic acids is 1. The molecule has 1 aromatic heterocycles. The van der Waals surface area contributed by atoms with Crippen LogP contribution in [0, 0.1) is 0 Å². The number of nitrogens with zero attached hydrogens (tertiary/aromatic N) is 1. The lowest BCUT2D eigenvalue weighted by atomic mass is 10.3. The van der Waals surface area contributed by atoms with E-state index < -0.39 is 5.97 Å². The normalized spacial score (nSPS) is 9.92. The van der Waals surface area contributed by atoms with E-state index in [1.165, 1.54) is 30.2 Å². The summed E-state index contributed by atoms with van der Waals surface area (Å²) < 4.78 is 0. The number of thioether (sulfide) groups is 1. The highest BCUT2D eigenvalue weighted by atomic mass is 32.2. The van der Waals surface area contributed by atoms with Crippen LogP contribution in [0.15, 0.2) is 23.4 Å². The average Bonchev–Trinajstić information content (AvgIpc) is 2.15. The van der Waals surface area contributed by atoms with Gasteiger partial charge >= 0.3 is 5.97 Å². The Morgan fingerprint density at radius 2 is 2.38 bits per heavy atom. The summed E-state index contributed by atoms with van der Waals surface area (Å²) in [5.74, 6) is -0.491. The number of rotatable bonds is 4.